The second kappa shape index (κ2) is 5.81. The van der Waals surface area contributed by atoms with Crippen LogP contribution in [0.5, 0.6) is 0 Å². The fraction of sp³-hybridized carbons (Fsp3) is 0.444. The lowest BCUT2D eigenvalue weighted by atomic mass is 9.86. The van der Waals surface area contributed by atoms with Crippen LogP contribution in [-0.4, -0.2) is 39.6 Å². The molecule has 0 spiro atoms. The van der Waals surface area contributed by atoms with Gasteiger partial charge in [0.2, 0.25) is 0 Å². The van der Waals surface area contributed by atoms with Gasteiger partial charge in [-0.3, -0.25) is 14.7 Å². The van der Waals surface area contributed by atoms with Gasteiger partial charge in [-0.1, -0.05) is 0 Å². The first-order chi connectivity index (χ1) is 11.2. The van der Waals surface area contributed by atoms with Crippen LogP contribution in [0.3, 0.4) is 0 Å². The first-order valence-corrected chi connectivity index (χ1v) is 8.33. The number of amides is 1. The number of carbonyl (C=O) groups is 1. The number of hydrogen-bond donors (Lipinski definition) is 1. The quantitative estimate of drug-likeness (QED) is 0.946. The highest BCUT2D eigenvalue weighted by Crippen LogP contribution is 2.30. The van der Waals surface area contributed by atoms with Crippen molar-refractivity contribution in [2.45, 2.75) is 25.4 Å². The third-order valence-corrected chi connectivity index (χ3v) is 5.27. The highest BCUT2D eigenvalue weighted by atomic mass is 16.2. The number of aromatic nitrogens is 2. The summed E-state index contributed by atoms with van der Waals surface area (Å²) in [5.41, 5.74) is 2.81. The zero-order valence-corrected chi connectivity index (χ0v) is 13.4. The van der Waals surface area contributed by atoms with Crippen molar-refractivity contribution in [1.82, 2.24) is 19.8 Å². The first-order valence-electron chi connectivity index (χ1n) is 8.33. The van der Waals surface area contributed by atoms with Crippen molar-refractivity contribution in [3.63, 3.8) is 0 Å². The van der Waals surface area contributed by atoms with Crippen molar-refractivity contribution in [3.05, 3.63) is 42.4 Å². The van der Waals surface area contributed by atoms with E-state index in [1.54, 1.807) is 12.4 Å². The van der Waals surface area contributed by atoms with E-state index in [1.165, 1.54) is 12.8 Å². The standard InChI is InChI=1S/C18H22N4O/c1-21-15(14-4-8-19-9-5-14)2-3-16(21)18(23)20-17-12-13-6-10-22(17)11-7-13/h2-5,8-9,13,17H,6-7,10-12H2,1H3,(H,20,23). The van der Waals surface area contributed by atoms with Gasteiger partial charge in [-0.25, -0.2) is 0 Å². The minimum absolute atomic E-state index is 0.0188. The number of fused-ring (bicyclic) bond motifs is 3. The molecule has 5 heterocycles. The summed E-state index contributed by atoms with van der Waals surface area (Å²) in [7, 11) is 1.94. The molecule has 1 N–H and O–H groups in total. The van der Waals surface area contributed by atoms with Crippen molar-refractivity contribution in [2.75, 3.05) is 13.1 Å². The number of nitrogens with zero attached hydrogens (tertiary/aromatic N) is 3. The fourth-order valence-electron chi connectivity index (χ4n) is 3.89. The van der Waals surface area contributed by atoms with Gasteiger partial charge in [-0.2, -0.15) is 0 Å². The molecule has 1 amide bonds. The molecule has 2 aromatic heterocycles. The molecular formula is C18H22N4O. The average molecular weight is 310 g/mol. The third-order valence-electron chi connectivity index (χ3n) is 5.27. The Morgan fingerprint density at radius 1 is 1.17 bits per heavy atom. The van der Waals surface area contributed by atoms with E-state index in [0.29, 0.717) is 5.69 Å². The molecule has 0 aromatic carbocycles. The highest BCUT2D eigenvalue weighted by molar-refractivity contribution is 5.94. The second-order valence-electron chi connectivity index (χ2n) is 6.60. The summed E-state index contributed by atoms with van der Waals surface area (Å²) in [6.07, 6.45) is 7.40. The summed E-state index contributed by atoms with van der Waals surface area (Å²) >= 11 is 0. The van der Waals surface area contributed by atoms with Crippen molar-refractivity contribution in [2.24, 2.45) is 13.0 Å². The van der Waals surface area contributed by atoms with Gasteiger partial charge in [0.25, 0.3) is 5.91 Å². The summed E-state index contributed by atoms with van der Waals surface area (Å²) in [5.74, 6) is 0.802. The van der Waals surface area contributed by atoms with E-state index >= 15 is 0 Å². The molecule has 0 radical (unpaired) electrons. The Balaban J connectivity index is 1.52. The van der Waals surface area contributed by atoms with Crippen LogP contribution in [0.2, 0.25) is 0 Å². The maximum Gasteiger partial charge on any atom is 0.269 e. The highest BCUT2D eigenvalue weighted by Gasteiger charge is 2.34. The Hall–Kier alpha value is -2.14. The Kier molecular flexibility index (Phi) is 3.65. The van der Waals surface area contributed by atoms with Crippen molar-refractivity contribution >= 4 is 5.91 Å². The predicted octanol–water partition coefficient (Wildman–Crippen LogP) is 2.26. The summed E-state index contributed by atoms with van der Waals surface area (Å²) in [4.78, 5) is 19.1. The van der Waals surface area contributed by atoms with Crippen LogP contribution in [0.25, 0.3) is 11.3 Å². The normalized spacial score (nSPS) is 26.2. The number of piperidine rings is 3. The van der Waals surface area contributed by atoms with E-state index in [2.05, 4.69) is 15.2 Å². The zero-order valence-electron chi connectivity index (χ0n) is 13.4. The van der Waals surface area contributed by atoms with Crippen molar-refractivity contribution in [3.8, 4) is 11.3 Å². The van der Waals surface area contributed by atoms with Crippen LogP contribution in [0, 0.1) is 5.92 Å². The monoisotopic (exact) mass is 310 g/mol. The number of hydrogen-bond acceptors (Lipinski definition) is 3. The van der Waals surface area contributed by atoms with E-state index in [1.807, 2.05) is 35.9 Å². The van der Waals surface area contributed by atoms with Gasteiger partial charge in [0.15, 0.2) is 0 Å². The van der Waals surface area contributed by atoms with Crippen LogP contribution in [0.15, 0.2) is 36.7 Å². The van der Waals surface area contributed by atoms with Gasteiger partial charge in [0.1, 0.15) is 5.69 Å². The van der Waals surface area contributed by atoms with Gasteiger partial charge < -0.3 is 9.88 Å². The van der Waals surface area contributed by atoms with Crippen LogP contribution in [-0.2, 0) is 7.05 Å². The SMILES string of the molecule is Cn1c(C(=O)NC2CC3CCN2CC3)ccc1-c1ccncc1. The molecule has 3 aliphatic rings. The Labute approximate surface area is 136 Å². The topological polar surface area (TPSA) is 50.2 Å². The van der Waals surface area contributed by atoms with Crippen molar-refractivity contribution < 1.29 is 4.79 Å². The molecule has 1 unspecified atom stereocenters. The Morgan fingerprint density at radius 2 is 1.91 bits per heavy atom. The largest absolute Gasteiger partial charge is 0.340 e. The number of nitrogens with one attached hydrogen (secondary N) is 1. The molecule has 3 aliphatic heterocycles. The summed E-state index contributed by atoms with van der Waals surface area (Å²) in [6, 6.07) is 7.82. The Bertz CT molecular complexity index is 701. The Morgan fingerprint density at radius 3 is 2.57 bits per heavy atom. The molecule has 5 nitrogen and oxygen atoms in total. The van der Waals surface area contributed by atoms with Crippen molar-refractivity contribution in [1.29, 1.82) is 0 Å². The number of carbonyl (C=O) groups excluding carboxylic acids is 1. The molecule has 0 saturated carbocycles. The first kappa shape index (κ1) is 14.5. The van der Waals surface area contributed by atoms with E-state index in [9.17, 15) is 4.79 Å². The third kappa shape index (κ3) is 2.65. The average Bonchev–Trinajstić information content (AvgIpc) is 2.98. The minimum atomic E-state index is 0.0188. The molecule has 5 heteroatoms. The summed E-state index contributed by atoms with van der Waals surface area (Å²) < 4.78 is 1.96. The molecule has 3 saturated heterocycles. The molecular weight excluding hydrogens is 288 g/mol. The lowest BCUT2D eigenvalue weighted by Gasteiger charge is -2.45. The molecule has 120 valence electrons. The molecule has 2 bridgehead atoms. The molecule has 0 aliphatic carbocycles. The lowest BCUT2D eigenvalue weighted by molar-refractivity contribution is 0.0292. The summed E-state index contributed by atoms with van der Waals surface area (Å²) in [6.45, 7) is 2.23. The number of rotatable bonds is 3. The molecule has 1 atom stereocenters. The fourth-order valence-corrected chi connectivity index (χ4v) is 3.89. The van der Waals surface area contributed by atoms with E-state index < -0.39 is 0 Å². The van der Waals surface area contributed by atoms with E-state index in [4.69, 9.17) is 0 Å². The minimum Gasteiger partial charge on any atom is -0.340 e. The maximum atomic E-state index is 12.7. The molecule has 5 rings (SSSR count). The second-order valence-corrected chi connectivity index (χ2v) is 6.60. The lowest BCUT2D eigenvalue weighted by Crippen LogP contribution is -2.56. The summed E-state index contributed by atoms with van der Waals surface area (Å²) in [5, 5.41) is 3.23. The molecule has 3 fully saturated rings. The van der Waals surface area contributed by atoms with Gasteiger partial charge in [0, 0.05) is 43.8 Å². The van der Waals surface area contributed by atoms with Gasteiger partial charge >= 0.3 is 0 Å². The van der Waals surface area contributed by atoms with Gasteiger partial charge in [-0.05, 0) is 49.4 Å². The van der Waals surface area contributed by atoms with E-state index in [-0.39, 0.29) is 12.1 Å². The van der Waals surface area contributed by atoms with Crippen LogP contribution >= 0.6 is 0 Å². The van der Waals surface area contributed by atoms with Crippen LogP contribution in [0.4, 0.5) is 0 Å². The van der Waals surface area contributed by atoms with Gasteiger partial charge in [-0.15, -0.1) is 0 Å². The van der Waals surface area contributed by atoms with Crippen LogP contribution in [0.1, 0.15) is 29.8 Å². The molecule has 23 heavy (non-hydrogen) atoms. The zero-order chi connectivity index (χ0) is 15.8. The smallest absolute Gasteiger partial charge is 0.269 e. The predicted molar refractivity (Wildman–Crippen MR) is 88.8 cm³/mol. The van der Waals surface area contributed by atoms with E-state index in [0.717, 1.165) is 36.7 Å². The molecule has 2 aromatic rings. The van der Waals surface area contributed by atoms with Gasteiger partial charge in [0.05, 0.1) is 6.17 Å². The number of pyridine rings is 1. The maximum absolute atomic E-state index is 12.7. The van der Waals surface area contributed by atoms with Crippen LogP contribution < -0.4 is 5.32 Å².